The second kappa shape index (κ2) is 4.28. The summed E-state index contributed by atoms with van der Waals surface area (Å²) in [6, 6.07) is 3.41. The van der Waals surface area contributed by atoms with Crippen LogP contribution in [0.4, 0.5) is 0 Å². The second-order valence-electron chi connectivity index (χ2n) is 2.49. The van der Waals surface area contributed by atoms with Crippen molar-refractivity contribution in [3.63, 3.8) is 0 Å². The number of rotatable bonds is 2. The smallest absolute Gasteiger partial charge is 0.164 e. The van der Waals surface area contributed by atoms with Crippen molar-refractivity contribution < 1.29 is 9.53 Å². The predicted molar refractivity (Wildman–Crippen MR) is 60.7 cm³/mol. The summed E-state index contributed by atoms with van der Waals surface area (Å²) in [6.45, 7) is 1.50. The molecule has 0 fully saturated rings. The summed E-state index contributed by atoms with van der Waals surface area (Å²) in [7, 11) is 1.53. The Bertz CT molecular complexity index is 350. The summed E-state index contributed by atoms with van der Waals surface area (Å²) >= 11 is 7.91. The van der Waals surface area contributed by atoms with Crippen LogP contribution in [0.25, 0.3) is 0 Å². The summed E-state index contributed by atoms with van der Waals surface area (Å²) in [5.41, 5.74) is 0.551. The van der Waals surface area contributed by atoms with Crippen molar-refractivity contribution in [3.05, 3.63) is 26.3 Å². The van der Waals surface area contributed by atoms with Gasteiger partial charge in [0.25, 0.3) is 0 Å². The first-order chi connectivity index (χ1) is 6.07. The van der Waals surface area contributed by atoms with Gasteiger partial charge in [0, 0.05) is 3.57 Å². The Morgan fingerprint density at radius 1 is 1.54 bits per heavy atom. The van der Waals surface area contributed by atoms with Crippen LogP contribution in [0.5, 0.6) is 5.75 Å². The lowest BCUT2D eigenvalue weighted by molar-refractivity contribution is 0.101. The summed E-state index contributed by atoms with van der Waals surface area (Å²) in [6.07, 6.45) is 0. The van der Waals surface area contributed by atoms with Crippen LogP contribution in [0, 0.1) is 3.57 Å². The Kier molecular flexibility index (Phi) is 3.55. The minimum atomic E-state index is -0.0382. The van der Waals surface area contributed by atoms with Gasteiger partial charge in [0.2, 0.25) is 0 Å². The zero-order chi connectivity index (χ0) is 10.0. The molecule has 0 saturated carbocycles. The molecule has 0 spiro atoms. The molecule has 0 aliphatic heterocycles. The first-order valence-corrected chi connectivity index (χ1v) is 5.06. The fraction of sp³-hybridized carbons (Fsp3) is 0.222. The van der Waals surface area contributed by atoms with E-state index in [2.05, 4.69) is 0 Å². The van der Waals surface area contributed by atoms with Crippen LogP contribution < -0.4 is 4.74 Å². The zero-order valence-electron chi connectivity index (χ0n) is 7.23. The van der Waals surface area contributed by atoms with Gasteiger partial charge in [0.15, 0.2) is 5.78 Å². The van der Waals surface area contributed by atoms with Crippen LogP contribution in [0.1, 0.15) is 17.3 Å². The van der Waals surface area contributed by atoms with Crippen LogP contribution in [0.3, 0.4) is 0 Å². The van der Waals surface area contributed by atoms with Gasteiger partial charge in [-0.25, -0.2) is 0 Å². The van der Waals surface area contributed by atoms with Gasteiger partial charge >= 0.3 is 0 Å². The van der Waals surface area contributed by atoms with Gasteiger partial charge in [0.1, 0.15) is 5.75 Å². The van der Waals surface area contributed by atoms with Gasteiger partial charge in [0.05, 0.1) is 17.7 Å². The van der Waals surface area contributed by atoms with Crippen molar-refractivity contribution in [3.8, 4) is 5.75 Å². The standard InChI is InChI=1S/C9H8ClIO2/c1-5(12)8-7(13-2)4-3-6(10)9(8)11/h3-4H,1-2H3. The number of halogens is 2. The van der Waals surface area contributed by atoms with Crippen molar-refractivity contribution in [2.45, 2.75) is 6.92 Å². The Morgan fingerprint density at radius 3 is 2.62 bits per heavy atom. The van der Waals surface area contributed by atoms with Crippen LogP contribution in [-0.2, 0) is 0 Å². The molecular weight excluding hydrogens is 302 g/mol. The molecule has 0 radical (unpaired) electrons. The van der Waals surface area contributed by atoms with Gasteiger partial charge < -0.3 is 4.74 Å². The quantitative estimate of drug-likeness (QED) is 0.619. The molecule has 70 valence electrons. The molecule has 2 nitrogen and oxygen atoms in total. The number of hydrogen-bond acceptors (Lipinski definition) is 2. The van der Waals surface area contributed by atoms with Crippen LogP contribution in [0.2, 0.25) is 5.02 Å². The summed E-state index contributed by atoms with van der Waals surface area (Å²) < 4.78 is 5.80. The third kappa shape index (κ3) is 2.14. The third-order valence-electron chi connectivity index (χ3n) is 1.63. The van der Waals surface area contributed by atoms with Gasteiger partial charge in [-0.15, -0.1) is 0 Å². The predicted octanol–water partition coefficient (Wildman–Crippen LogP) is 3.16. The number of ether oxygens (including phenoxy) is 1. The van der Waals surface area contributed by atoms with Crippen molar-refractivity contribution in [1.82, 2.24) is 0 Å². The van der Waals surface area contributed by atoms with Crippen molar-refractivity contribution in [2.75, 3.05) is 7.11 Å². The maximum absolute atomic E-state index is 11.3. The van der Waals surface area contributed by atoms with E-state index in [0.717, 1.165) is 3.57 Å². The number of hydrogen-bond donors (Lipinski definition) is 0. The fourth-order valence-corrected chi connectivity index (χ4v) is 2.01. The minimum absolute atomic E-state index is 0.0382. The highest BCUT2D eigenvalue weighted by atomic mass is 127. The van der Waals surface area contributed by atoms with Crippen molar-refractivity contribution in [1.29, 1.82) is 0 Å². The second-order valence-corrected chi connectivity index (χ2v) is 3.98. The molecule has 0 aromatic heterocycles. The Hall–Kier alpha value is -0.290. The summed E-state index contributed by atoms with van der Waals surface area (Å²) in [5.74, 6) is 0.532. The molecule has 0 heterocycles. The first-order valence-electron chi connectivity index (χ1n) is 3.61. The molecular formula is C9H8ClIO2. The van der Waals surface area contributed by atoms with Crippen molar-refractivity contribution in [2.24, 2.45) is 0 Å². The monoisotopic (exact) mass is 310 g/mol. The molecule has 0 saturated heterocycles. The number of carbonyl (C=O) groups excluding carboxylic acids is 1. The summed E-state index contributed by atoms with van der Waals surface area (Å²) in [5, 5.41) is 0.576. The molecule has 0 atom stereocenters. The van der Waals surface area contributed by atoms with E-state index in [1.165, 1.54) is 14.0 Å². The average molecular weight is 311 g/mol. The molecule has 1 aromatic carbocycles. The first kappa shape index (κ1) is 10.8. The highest BCUT2D eigenvalue weighted by Crippen LogP contribution is 2.30. The van der Waals surface area contributed by atoms with Crippen LogP contribution >= 0.6 is 34.2 Å². The van der Waals surface area contributed by atoms with E-state index in [9.17, 15) is 4.79 Å². The maximum Gasteiger partial charge on any atom is 0.164 e. The Morgan fingerprint density at radius 2 is 2.15 bits per heavy atom. The number of benzene rings is 1. The van der Waals surface area contributed by atoms with E-state index in [0.29, 0.717) is 16.3 Å². The molecule has 0 aliphatic rings. The van der Waals surface area contributed by atoms with Crippen LogP contribution in [-0.4, -0.2) is 12.9 Å². The highest BCUT2D eigenvalue weighted by Gasteiger charge is 2.14. The minimum Gasteiger partial charge on any atom is -0.496 e. The Balaban J connectivity index is 3.41. The van der Waals surface area contributed by atoms with E-state index in [4.69, 9.17) is 16.3 Å². The van der Waals surface area contributed by atoms with Gasteiger partial charge in [-0.05, 0) is 41.6 Å². The van der Waals surface area contributed by atoms with E-state index in [-0.39, 0.29) is 5.78 Å². The van der Waals surface area contributed by atoms with Gasteiger partial charge in [-0.2, -0.15) is 0 Å². The lowest BCUT2D eigenvalue weighted by Crippen LogP contribution is -2.00. The molecule has 0 bridgehead atoms. The lowest BCUT2D eigenvalue weighted by Gasteiger charge is -2.08. The van der Waals surface area contributed by atoms with Crippen molar-refractivity contribution >= 4 is 40.0 Å². The SMILES string of the molecule is COc1ccc(Cl)c(I)c1C(C)=O. The highest BCUT2D eigenvalue weighted by molar-refractivity contribution is 14.1. The van der Waals surface area contributed by atoms with E-state index < -0.39 is 0 Å². The van der Waals surface area contributed by atoms with E-state index in [1.54, 1.807) is 12.1 Å². The topological polar surface area (TPSA) is 26.3 Å². The fourth-order valence-electron chi connectivity index (χ4n) is 1.03. The number of Topliss-reactive ketones (excluding diaryl/α,β-unsaturated/α-hetero) is 1. The number of carbonyl (C=O) groups is 1. The van der Waals surface area contributed by atoms with E-state index in [1.807, 2.05) is 22.6 Å². The maximum atomic E-state index is 11.3. The zero-order valence-corrected chi connectivity index (χ0v) is 10.1. The molecule has 4 heteroatoms. The average Bonchev–Trinajstić information content (AvgIpc) is 2.08. The molecule has 0 unspecified atom stereocenters. The molecule has 0 amide bonds. The van der Waals surface area contributed by atoms with Gasteiger partial charge in [-0.3, -0.25) is 4.79 Å². The van der Waals surface area contributed by atoms with E-state index >= 15 is 0 Å². The molecule has 0 N–H and O–H groups in total. The summed E-state index contributed by atoms with van der Waals surface area (Å²) in [4.78, 5) is 11.3. The molecule has 1 aromatic rings. The number of methoxy groups -OCH3 is 1. The molecule has 1 rings (SSSR count). The largest absolute Gasteiger partial charge is 0.496 e. The van der Waals surface area contributed by atoms with Crippen LogP contribution in [0.15, 0.2) is 12.1 Å². The van der Waals surface area contributed by atoms with Gasteiger partial charge in [-0.1, -0.05) is 11.6 Å². The normalized spacial score (nSPS) is 9.85. The Labute approximate surface area is 95.4 Å². The third-order valence-corrected chi connectivity index (χ3v) is 3.38. The molecule has 13 heavy (non-hydrogen) atoms. The lowest BCUT2D eigenvalue weighted by atomic mass is 10.1. The molecule has 0 aliphatic carbocycles. The number of ketones is 1.